The summed E-state index contributed by atoms with van der Waals surface area (Å²) in [6.07, 6.45) is 3.34. The molecule has 5 nitrogen and oxygen atoms in total. The smallest absolute Gasteiger partial charge is 0.339 e. The summed E-state index contributed by atoms with van der Waals surface area (Å²) < 4.78 is 0. The summed E-state index contributed by atoms with van der Waals surface area (Å²) in [5.74, 6) is -0.814. The molecule has 0 radical (unpaired) electrons. The monoisotopic (exact) mass is 236 g/mol. The molecule has 0 amide bonds. The van der Waals surface area contributed by atoms with Gasteiger partial charge >= 0.3 is 5.97 Å². The van der Waals surface area contributed by atoms with E-state index < -0.39 is 5.97 Å². The summed E-state index contributed by atoms with van der Waals surface area (Å²) in [6.45, 7) is 3.32. The van der Waals surface area contributed by atoms with Crippen molar-refractivity contribution in [3.63, 3.8) is 0 Å². The molecular formula is C12H16N2O3. The van der Waals surface area contributed by atoms with Gasteiger partial charge in [-0.15, -0.1) is 0 Å². The number of carboxylic acid groups (broad SMARTS) is 1. The van der Waals surface area contributed by atoms with Crippen molar-refractivity contribution in [3.05, 3.63) is 24.0 Å². The van der Waals surface area contributed by atoms with Crippen LogP contribution in [0.2, 0.25) is 0 Å². The highest BCUT2D eigenvalue weighted by Crippen LogP contribution is 2.25. The normalized spacial score (nSPS) is 24.7. The molecule has 2 N–H and O–H groups in total. The fraction of sp³-hybridized carbons (Fsp3) is 0.500. The second-order valence-electron chi connectivity index (χ2n) is 4.48. The number of anilines is 1. The first-order chi connectivity index (χ1) is 8.09. The van der Waals surface area contributed by atoms with Crippen LogP contribution in [0.1, 0.15) is 23.7 Å². The Labute approximate surface area is 99.7 Å². The van der Waals surface area contributed by atoms with Crippen LogP contribution in [0.15, 0.2) is 18.5 Å². The molecule has 2 heterocycles. The van der Waals surface area contributed by atoms with E-state index in [1.807, 2.05) is 11.8 Å². The average molecular weight is 236 g/mol. The van der Waals surface area contributed by atoms with Crippen LogP contribution in [0.5, 0.6) is 0 Å². The van der Waals surface area contributed by atoms with Gasteiger partial charge in [0.25, 0.3) is 0 Å². The van der Waals surface area contributed by atoms with E-state index in [4.69, 9.17) is 5.11 Å². The number of carbonyl (C=O) groups is 1. The fourth-order valence-corrected chi connectivity index (χ4v) is 2.18. The maximum Gasteiger partial charge on any atom is 0.339 e. The predicted octanol–water partition coefficient (Wildman–Crippen LogP) is 0.987. The van der Waals surface area contributed by atoms with Crippen LogP contribution in [0.25, 0.3) is 0 Å². The summed E-state index contributed by atoms with van der Waals surface area (Å²) in [5.41, 5.74) is 0.905. The van der Waals surface area contributed by atoms with Crippen LogP contribution >= 0.6 is 0 Å². The molecule has 1 saturated heterocycles. The van der Waals surface area contributed by atoms with E-state index in [9.17, 15) is 9.90 Å². The number of aliphatic hydroxyl groups is 1. The van der Waals surface area contributed by atoms with Gasteiger partial charge in [-0.3, -0.25) is 4.98 Å². The van der Waals surface area contributed by atoms with Crippen LogP contribution < -0.4 is 4.90 Å². The molecule has 92 valence electrons. The Bertz CT molecular complexity index is 422. The minimum atomic E-state index is -0.966. The van der Waals surface area contributed by atoms with Crippen molar-refractivity contribution in [2.45, 2.75) is 19.4 Å². The first-order valence-corrected chi connectivity index (χ1v) is 5.70. The van der Waals surface area contributed by atoms with Crippen molar-refractivity contribution in [1.29, 1.82) is 0 Å². The summed E-state index contributed by atoms with van der Waals surface area (Å²) >= 11 is 0. The van der Waals surface area contributed by atoms with Gasteiger partial charge in [0.2, 0.25) is 0 Å². The molecule has 0 bridgehead atoms. The van der Waals surface area contributed by atoms with E-state index in [-0.39, 0.29) is 17.6 Å². The molecule has 0 spiro atoms. The maximum absolute atomic E-state index is 11.1. The third-order valence-electron chi connectivity index (χ3n) is 3.23. The summed E-state index contributed by atoms with van der Waals surface area (Å²) in [5, 5.41) is 18.8. The molecular weight excluding hydrogens is 220 g/mol. The zero-order valence-corrected chi connectivity index (χ0v) is 9.71. The van der Waals surface area contributed by atoms with Gasteiger partial charge in [0.15, 0.2) is 0 Å². The number of hydrogen-bond acceptors (Lipinski definition) is 4. The predicted molar refractivity (Wildman–Crippen MR) is 63.2 cm³/mol. The van der Waals surface area contributed by atoms with Crippen molar-refractivity contribution >= 4 is 11.7 Å². The van der Waals surface area contributed by atoms with Crippen LogP contribution in [-0.4, -0.2) is 40.4 Å². The summed E-state index contributed by atoms with van der Waals surface area (Å²) in [4.78, 5) is 16.9. The van der Waals surface area contributed by atoms with Crippen molar-refractivity contribution < 1.29 is 15.0 Å². The average Bonchev–Trinajstić information content (AvgIpc) is 2.32. The highest BCUT2D eigenvalue weighted by atomic mass is 16.4. The Morgan fingerprint density at radius 3 is 3.00 bits per heavy atom. The summed E-state index contributed by atoms with van der Waals surface area (Å²) in [7, 11) is 0. The second kappa shape index (κ2) is 4.71. The molecule has 1 aliphatic heterocycles. The number of pyridine rings is 1. The van der Waals surface area contributed by atoms with Crippen LogP contribution in [0.4, 0.5) is 5.69 Å². The molecule has 2 rings (SSSR count). The molecule has 1 fully saturated rings. The van der Waals surface area contributed by atoms with E-state index in [1.54, 1.807) is 12.3 Å². The van der Waals surface area contributed by atoms with Gasteiger partial charge in [-0.2, -0.15) is 0 Å². The molecule has 1 aromatic rings. The van der Waals surface area contributed by atoms with Gasteiger partial charge in [0.05, 0.1) is 11.8 Å². The van der Waals surface area contributed by atoms with Gasteiger partial charge in [0.1, 0.15) is 5.56 Å². The van der Waals surface area contributed by atoms with Crippen molar-refractivity contribution in [2.75, 3.05) is 18.0 Å². The van der Waals surface area contributed by atoms with E-state index in [0.717, 1.165) is 0 Å². The Morgan fingerprint density at radius 1 is 1.59 bits per heavy atom. The number of carboxylic acids is 1. The first kappa shape index (κ1) is 11.9. The minimum absolute atomic E-state index is 0.151. The SMILES string of the molecule is CC1CN(c2ccncc2C(=O)O)CCC1O. The molecule has 1 aromatic heterocycles. The molecule has 2 atom stereocenters. The van der Waals surface area contributed by atoms with Gasteiger partial charge < -0.3 is 15.1 Å². The van der Waals surface area contributed by atoms with Gasteiger partial charge in [-0.25, -0.2) is 4.79 Å². The lowest BCUT2D eigenvalue weighted by Crippen LogP contribution is -2.42. The molecule has 1 aliphatic rings. The highest BCUT2D eigenvalue weighted by molar-refractivity contribution is 5.94. The van der Waals surface area contributed by atoms with E-state index in [0.29, 0.717) is 25.2 Å². The van der Waals surface area contributed by atoms with Gasteiger partial charge in [0, 0.05) is 25.5 Å². The number of piperidine rings is 1. The van der Waals surface area contributed by atoms with Crippen LogP contribution in [0, 0.1) is 5.92 Å². The molecule has 5 heteroatoms. The van der Waals surface area contributed by atoms with Crippen LogP contribution in [0.3, 0.4) is 0 Å². The molecule has 2 unspecified atom stereocenters. The number of nitrogens with zero attached hydrogens (tertiary/aromatic N) is 2. The fourth-order valence-electron chi connectivity index (χ4n) is 2.18. The van der Waals surface area contributed by atoms with Crippen molar-refractivity contribution in [3.8, 4) is 0 Å². The molecule has 0 aliphatic carbocycles. The number of aromatic carboxylic acids is 1. The highest BCUT2D eigenvalue weighted by Gasteiger charge is 2.26. The van der Waals surface area contributed by atoms with E-state index in [1.165, 1.54) is 6.20 Å². The number of aliphatic hydroxyl groups excluding tert-OH is 1. The lowest BCUT2D eigenvalue weighted by molar-refractivity contribution is 0.0696. The minimum Gasteiger partial charge on any atom is -0.478 e. The summed E-state index contributed by atoms with van der Waals surface area (Å²) in [6, 6.07) is 1.72. The standard InChI is InChI=1S/C12H16N2O3/c1-8-7-14(5-3-11(8)15)10-2-4-13-6-9(10)12(16)17/h2,4,6,8,11,15H,3,5,7H2,1H3,(H,16,17). The van der Waals surface area contributed by atoms with Crippen molar-refractivity contribution in [1.82, 2.24) is 4.98 Å². The molecule has 0 aromatic carbocycles. The number of aromatic nitrogens is 1. The molecule has 17 heavy (non-hydrogen) atoms. The first-order valence-electron chi connectivity index (χ1n) is 5.70. The topological polar surface area (TPSA) is 73.7 Å². The Balaban J connectivity index is 2.25. The lowest BCUT2D eigenvalue weighted by Gasteiger charge is -2.36. The molecule has 0 saturated carbocycles. The second-order valence-corrected chi connectivity index (χ2v) is 4.48. The third kappa shape index (κ3) is 2.39. The maximum atomic E-state index is 11.1. The van der Waals surface area contributed by atoms with Gasteiger partial charge in [-0.05, 0) is 18.4 Å². The Morgan fingerprint density at radius 2 is 2.35 bits per heavy atom. The quantitative estimate of drug-likeness (QED) is 0.801. The zero-order valence-electron chi connectivity index (χ0n) is 9.71. The Kier molecular flexibility index (Phi) is 3.28. The van der Waals surface area contributed by atoms with Crippen molar-refractivity contribution in [2.24, 2.45) is 5.92 Å². The van der Waals surface area contributed by atoms with Crippen LogP contribution in [-0.2, 0) is 0 Å². The zero-order chi connectivity index (χ0) is 12.4. The third-order valence-corrected chi connectivity index (χ3v) is 3.23. The lowest BCUT2D eigenvalue weighted by atomic mass is 9.96. The Hall–Kier alpha value is -1.62. The largest absolute Gasteiger partial charge is 0.478 e. The van der Waals surface area contributed by atoms with Gasteiger partial charge in [-0.1, -0.05) is 6.92 Å². The number of hydrogen-bond donors (Lipinski definition) is 2. The number of rotatable bonds is 2. The van der Waals surface area contributed by atoms with E-state index in [2.05, 4.69) is 4.98 Å². The van der Waals surface area contributed by atoms with E-state index >= 15 is 0 Å².